The second-order valence-electron chi connectivity index (χ2n) is 14.0. The minimum absolute atomic E-state index is 0.0428. The van der Waals surface area contributed by atoms with Gasteiger partial charge in [-0.05, 0) is 124 Å². The Labute approximate surface area is 311 Å². The molecule has 0 spiro atoms. The number of ether oxygens (including phenoxy) is 3. The predicted octanol–water partition coefficient (Wildman–Crippen LogP) is 9.76. The molecule has 2 aliphatic heterocycles. The van der Waals surface area contributed by atoms with E-state index in [1.807, 2.05) is 41.5 Å². The average Bonchev–Trinajstić information content (AvgIpc) is 3.79. The first-order chi connectivity index (χ1) is 24.5. The quantitative estimate of drug-likeness (QED) is 0.265. The molecule has 3 aromatic rings. The molecule has 2 fully saturated rings. The van der Waals surface area contributed by atoms with Crippen molar-refractivity contribution >= 4 is 39.7 Å². The van der Waals surface area contributed by atoms with E-state index in [-0.39, 0.29) is 34.9 Å². The molecule has 2 heterocycles. The second kappa shape index (κ2) is 18.9. The number of hydrogen-bond acceptors (Lipinski definition) is 7. The van der Waals surface area contributed by atoms with Crippen LogP contribution >= 0.6 is 15.9 Å². The first-order valence-electron chi connectivity index (χ1n) is 16.8. The van der Waals surface area contributed by atoms with Crippen molar-refractivity contribution in [1.29, 1.82) is 0 Å². The lowest BCUT2D eigenvalue weighted by molar-refractivity contribution is -0.00715. The van der Waals surface area contributed by atoms with E-state index in [0.29, 0.717) is 53.7 Å². The molecule has 0 aromatic heterocycles. The molecule has 5 rings (SSSR count). The monoisotopic (exact) mass is 793 g/mol. The smallest absolute Gasteiger partial charge is 0.410 e. The number of carbonyl (C=O) groups excluding carboxylic acids is 3. The summed E-state index contributed by atoms with van der Waals surface area (Å²) in [6, 6.07) is 15.3. The number of nitrogens with zero attached hydrogens (tertiary/aromatic N) is 2. The molecule has 284 valence electrons. The predicted molar refractivity (Wildman–Crippen MR) is 197 cm³/mol. The van der Waals surface area contributed by atoms with E-state index < -0.39 is 17.6 Å². The van der Waals surface area contributed by atoms with Gasteiger partial charge in [0, 0.05) is 47.4 Å². The average molecular weight is 795 g/mol. The Hall–Kier alpha value is -4.46. The van der Waals surface area contributed by atoms with Gasteiger partial charge in [-0.2, -0.15) is 0 Å². The molecule has 3 aromatic carbocycles. The van der Waals surface area contributed by atoms with Gasteiger partial charge in [0.15, 0.2) is 5.75 Å². The third kappa shape index (κ3) is 12.9. The number of benzene rings is 3. The van der Waals surface area contributed by atoms with Crippen LogP contribution in [-0.4, -0.2) is 78.6 Å². The minimum atomic E-state index is -0.592. The summed E-state index contributed by atoms with van der Waals surface area (Å²) in [5.41, 5.74) is 1.14. The van der Waals surface area contributed by atoms with Crippen LogP contribution in [0.25, 0.3) is 11.1 Å². The third-order valence-electron chi connectivity index (χ3n) is 7.52. The summed E-state index contributed by atoms with van der Waals surface area (Å²) in [6.45, 7) is 13.7. The van der Waals surface area contributed by atoms with Crippen LogP contribution in [0.5, 0.6) is 11.5 Å². The van der Waals surface area contributed by atoms with E-state index in [4.69, 9.17) is 14.2 Å². The van der Waals surface area contributed by atoms with Gasteiger partial charge in [0.25, 0.3) is 5.91 Å². The molecule has 1 N–H and O–H groups in total. The Morgan fingerprint density at radius 2 is 1.37 bits per heavy atom. The molecule has 0 aliphatic carbocycles. The fourth-order valence-corrected chi connectivity index (χ4v) is 5.64. The fourth-order valence-electron chi connectivity index (χ4n) is 5.20. The third-order valence-corrected chi connectivity index (χ3v) is 8.14. The Bertz CT molecular complexity index is 1660. The van der Waals surface area contributed by atoms with Crippen LogP contribution in [0, 0.1) is 5.82 Å². The van der Waals surface area contributed by atoms with Gasteiger partial charge in [-0.15, -0.1) is 0 Å². The fraction of sp³-hybridized carbons (Fsp3) is 0.447. The van der Waals surface area contributed by atoms with Crippen molar-refractivity contribution in [2.75, 3.05) is 38.7 Å². The van der Waals surface area contributed by atoms with Gasteiger partial charge in [-0.3, -0.25) is 14.1 Å². The van der Waals surface area contributed by atoms with Crippen LogP contribution in [0.2, 0.25) is 0 Å². The Kier molecular flexibility index (Phi) is 15.2. The van der Waals surface area contributed by atoms with Crippen LogP contribution in [0.15, 0.2) is 65.1 Å². The van der Waals surface area contributed by atoms with Crippen molar-refractivity contribution < 1.29 is 46.8 Å². The van der Waals surface area contributed by atoms with Gasteiger partial charge in [-0.25, -0.2) is 14.0 Å². The first kappa shape index (κ1) is 42.0. The topological polar surface area (TPSA) is 107 Å². The van der Waals surface area contributed by atoms with Gasteiger partial charge in [0.05, 0.1) is 18.2 Å². The molecule has 14 heteroatoms. The number of alkyl halides is 1. The Morgan fingerprint density at radius 3 is 1.92 bits per heavy atom. The molecule has 1 atom stereocenters. The lowest BCUT2D eigenvalue weighted by Gasteiger charge is -2.24. The number of anilines is 1. The van der Waals surface area contributed by atoms with Crippen LogP contribution in [0.1, 0.15) is 71.2 Å². The number of amides is 3. The molecule has 3 amide bonds. The maximum atomic E-state index is 13.6. The van der Waals surface area contributed by atoms with E-state index in [1.165, 1.54) is 30.3 Å². The van der Waals surface area contributed by atoms with Crippen molar-refractivity contribution in [1.82, 2.24) is 9.80 Å². The van der Waals surface area contributed by atoms with Crippen molar-refractivity contribution in [3.63, 3.8) is 0 Å². The van der Waals surface area contributed by atoms with E-state index in [9.17, 15) is 27.7 Å². The summed E-state index contributed by atoms with van der Waals surface area (Å²) in [7, 11) is 0.500. The zero-order chi connectivity index (χ0) is 38.6. The molecular formula is C38H47BrF3N3O7. The number of hydrogen-bond donors (Lipinski definition) is 1. The lowest BCUT2D eigenvalue weighted by atomic mass is 10.0. The van der Waals surface area contributed by atoms with Gasteiger partial charge in [0.2, 0.25) is 0 Å². The van der Waals surface area contributed by atoms with E-state index in [2.05, 4.69) is 26.2 Å². The Morgan fingerprint density at radius 1 is 0.788 bits per heavy atom. The minimum Gasteiger partial charge on any atom is -0.488 e. The van der Waals surface area contributed by atoms with E-state index in [1.54, 1.807) is 40.1 Å². The van der Waals surface area contributed by atoms with Crippen LogP contribution in [0.4, 0.5) is 28.6 Å². The summed E-state index contributed by atoms with van der Waals surface area (Å²) >= 11 is 3.16. The molecule has 2 saturated heterocycles. The molecule has 0 bridgehead atoms. The molecule has 0 saturated carbocycles. The lowest BCUT2D eigenvalue weighted by Crippen LogP contribution is -2.36. The number of nitrogens with one attached hydrogen (secondary N) is 1. The highest BCUT2D eigenvalue weighted by molar-refractivity contribution is 9.10. The van der Waals surface area contributed by atoms with Gasteiger partial charge in [0.1, 0.15) is 28.9 Å². The van der Waals surface area contributed by atoms with Crippen molar-refractivity contribution in [3.8, 4) is 22.6 Å². The summed E-state index contributed by atoms with van der Waals surface area (Å²) in [5.74, 6) is -0.314. The van der Waals surface area contributed by atoms with Gasteiger partial charge >= 0.3 is 12.2 Å². The second-order valence-corrected chi connectivity index (χ2v) is 14.9. The maximum Gasteiger partial charge on any atom is 0.410 e. The van der Waals surface area contributed by atoms with Crippen molar-refractivity contribution in [2.24, 2.45) is 0 Å². The zero-order valence-electron chi connectivity index (χ0n) is 30.6. The number of likely N-dealkylation sites (tertiary alicyclic amines) is 2. The SMILES string of the molecule is CC(C)(C)OC(=O)N1CCC(Oc2ccc(NC(=O)c3ccc(OF)c(Br)c3)cc2-c2ccc(F)cc2)C1.CC(C)(C)OC(=O)N1CCCC1.CF. The van der Waals surface area contributed by atoms with Gasteiger partial charge < -0.3 is 29.3 Å². The van der Waals surface area contributed by atoms with Crippen molar-refractivity contribution in [2.45, 2.75) is 78.1 Å². The molecule has 0 radical (unpaired) electrons. The van der Waals surface area contributed by atoms with Crippen LogP contribution < -0.4 is 15.0 Å². The largest absolute Gasteiger partial charge is 0.488 e. The van der Waals surface area contributed by atoms with Gasteiger partial charge in [-0.1, -0.05) is 12.1 Å². The summed E-state index contributed by atoms with van der Waals surface area (Å²) in [5, 5.41) is 2.82. The molecule has 10 nitrogen and oxygen atoms in total. The highest BCUT2D eigenvalue weighted by Gasteiger charge is 2.31. The zero-order valence-corrected chi connectivity index (χ0v) is 32.2. The summed E-state index contributed by atoms with van der Waals surface area (Å²) in [6.07, 6.45) is 2.01. The highest BCUT2D eigenvalue weighted by Crippen LogP contribution is 2.35. The summed E-state index contributed by atoms with van der Waals surface area (Å²) < 4.78 is 52.9. The van der Waals surface area contributed by atoms with E-state index >= 15 is 0 Å². The molecular weight excluding hydrogens is 747 g/mol. The standard InChI is InChI=1S/C28H27BrF2N2O5.C9H17NO2.CH3F/c1-28(2,3)37-27(35)33-13-12-21(16-33)36-24-11-9-20(15-22(24)17-4-7-19(30)8-5-17)32-26(34)18-6-10-25(38-31)23(29)14-18;1-9(2,3)12-8(11)10-6-4-5-7-10;1-2/h4-11,14-15,21H,12-13,16H2,1-3H3,(H,32,34);4-7H2,1-3H3;1H3. The van der Waals surface area contributed by atoms with Crippen molar-refractivity contribution in [3.05, 3.63) is 76.5 Å². The Balaban J connectivity index is 0.000000439. The molecule has 1 unspecified atom stereocenters. The number of carbonyl (C=O) groups is 3. The van der Waals surface area contributed by atoms with E-state index in [0.717, 1.165) is 25.9 Å². The molecule has 2 aliphatic rings. The maximum absolute atomic E-state index is 13.6. The molecule has 52 heavy (non-hydrogen) atoms. The normalized spacial score (nSPS) is 15.4. The summed E-state index contributed by atoms with van der Waals surface area (Å²) in [4.78, 5) is 43.7. The van der Waals surface area contributed by atoms with Crippen LogP contribution in [0.3, 0.4) is 0 Å². The first-order valence-corrected chi connectivity index (χ1v) is 17.6. The highest BCUT2D eigenvalue weighted by atomic mass is 79.9. The number of rotatable bonds is 6. The van der Waals surface area contributed by atoms with Crippen LogP contribution in [-0.2, 0) is 9.47 Å². The number of halogens is 4.